The van der Waals surface area contributed by atoms with Crippen LogP contribution < -0.4 is 0 Å². The first-order valence-corrected chi connectivity index (χ1v) is 6.06. The topological polar surface area (TPSA) is 32.7 Å². The molecule has 2 aromatic rings. The Morgan fingerprint density at radius 3 is 2.32 bits per heavy atom. The Morgan fingerprint density at radius 1 is 1.00 bits per heavy atom. The van der Waals surface area contributed by atoms with Crippen LogP contribution in [0.3, 0.4) is 0 Å². The molecule has 0 atom stereocenters. The van der Waals surface area contributed by atoms with Gasteiger partial charge in [-0.25, -0.2) is 0 Å². The fraction of sp³-hybridized carbons (Fsp3) is 0.125. The van der Waals surface area contributed by atoms with Crippen molar-refractivity contribution in [1.29, 1.82) is 0 Å². The van der Waals surface area contributed by atoms with Gasteiger partial charge in [0.2, 0.25) is 0 Å². The Hall–Kier alpha value is -2.42. The summed E-state index contributed by atoms with van der Waals surface area (Å²) in [4.78, 5) is 10.7. The van der Waals surface area contributed by atoms with E-state index in [2.05, 4.69) is 5.10 Å². The van der Waals surface area contributed by atoms with Crippen molar-refractivity contribution < 1.29 is 4.79 Å². The highest BCUT2D eigenvalue weighted by Crippen LogP contribution is 2.22. The molecule has 0 N–H and O–H groups in total. The summed E-state index contributed by atoms with van der Waals surface area (Å²) in [5, 5.41) is 6.02. The summed E-state index contributed by atoms with van der Waals surface area (Å²) in [6.07, 6.45) is 2.69. The van der Waals surface area contributed by atoms with E-state index in [4.69, 9.17) is 0 Å². The number of rotatable bonds is 4. The second-order valence-electron chi connectivity index (χ2n) is 4.42. The Balaban J connectivity index is 2.40. The lowest BCUT2D eigenvalue weighted by atomic mass is 9.99. The van der Waals surface area contributed by atoms with Gasteiger partial charge >= 0.3 is 0 Å². The first-order chi connectivity index (χ1) is 9.20. The third kappa shape index (κ3) is 3.28. The first-order valence-electron chi connectivity index (χ1n) is 6.06. The van der Waals surface area contributed by atoms with E-state index in [0.717, 1.165) is 23.0 Å². The summed E-state index contributed by atoms with van der Waals surface area (Å²) in [7, 11) is 3.77. The second-order valence-corrected chi connectivity index (χ2v) is 4.42. The highest BCUT2D eigenvalue weighted by molar-refractivity contribution is 5.90. The van der Waals surface area contributed by atoms with Crippen LogP contribution in [0.1, 0.15) is 15.9 Å². The van der Waals surface area contributed by atoms with E-state index in [1.165, 1.54) is 0 Å². The average molecular weight is 252 g/mol. The largest absolute Gasteiger partial charge is 0.303 e. The maximum atomic E-state index is 10.7. The number of hydrogen-bond acceptors (Lipinski definition) is 3. The summed E-state index contributed by atoms with van der Waals surface area (Å²) in [5.74, 6) is 0. The molecule has 0 saturated carbocycles. The Kier molecular flexibility index (Phi) is 4.08. The fourth-order valence-corrected chi connectivity index (χ4v) is 1.79. The molecular weight excluding hydrogens is 236 g/mol. The van der Waals surface area contributed by atoms with E-state index in [-0.39, 0.29) is 0 Å². The Labute approximate surface area is 113 Å². The fourth-order valence-electron chi connectivity index (χ4n) is 1.79. The van der Waals surface area contributed by atoms with Crippen molar-refractivity contribution >= 4 is 12.5 Å². The van der Waals surface area contributed by atoms with Gasteiger partial charge in [-0.1, -0.05) is 48.5 Å². The van der Waals surface area contributed by atoms with Crippen molar-refractivity contribution in [3.63, 3.8) is 0 Å². The highest BCUT2D eigenvalue weighted by Gasteiger charge is 2.02. The van der Waals surface area contributed by atoms with Gasteiger partial charge in [0.1, 0.15) is 6.29 Å². The third-order valence-corrected chi connectivity index (χ3v) is 2.75. The molecule has 0 aromatic heterocycles. The van der Waals surface area contributed by atoms with Crippen LogP contribution in [-0.4, -0.2) is 31.6 Å². The molecule has 19 heavy (non-hydrogen) atoms. The van der Waals surface area contributed by atoms with E-state index < -0.39 is 0 Å². The van der Waals surface area contributed by atoms with Crippen LogP contribution in [0.15, 0.2) is 53.6 Å². The van der Waals surface area contributed by atoms with E-state index in [9.17, 15) is 4.79 Å². The predicted molar refractivity (Wildman–Crippen MR) is 78.5 cm³/mol. The van der Waals surface area contributed by atoms with Crippen LogP contribution in [-0.2, 0) is 0 Å². The van der Waals surface area contributed by atoms with Crippen LogP contribution in [0, 0.1) is 0 Å². The molecule has 0 fully saturated rings. The highest BCUT2D eigenvalue weighted by atomic mass is 16.1. The standard InChI is InChI=1S/C16H16N2O/c1-18(2)17-11-15-5-3-4-6-16(15)14-9-7-13(12-19)8-10-14/h3-12H,1-2H3/b17-11+. The molecule has 0 bridgehead atoms. The van der Waals surface area contributed by atoms with Crippen LogP contribution in [0.25, 0.3) is 11.1 Å². The zero-order valence-electron chi connectivity index (χ0n) is 11.1. The Bertz CT molecular complexity index is 586. The third-order valence-electron chi connectivity index (χ3n) is 2.75. The molecular formula is C16H16N2O. The van der Waals surface area contributed by atoms with E-state index >= 15 is 0 Å². The molecule has 0 radical (unpaired) electrons. The molecule has 0 aliphatic heterocycles. The summed E-state index contributed by atoms with van der Waals surface area (Å²) in [6.45, 7) is 0. The molecule has 0 amide bonds. The molecule has 3 heteroatoms. The van der Waals surface area contributed by atoms with Crippen molar-refractivity contribution in [1.82, 2.24) is 5.01 Å². The maximum absolute atomic E-state index is 10.7. The van der Waals surface area contributed by atoms with Crippen LogP contribution in [0.4, 0.5) is 0 Å². The van der Waals surface area contributed by atoms with Crippen LogP contribution in [0.5, 0.6) is 0 Å². The van der Waals surface area contributed by atoms with Crippen molar-refractivity contribution in [2.45, 2.75) is 0 Å². The minimum Gasteiger partial charge on any atom is -0.303 e. The summed E-state index contributed by atoms with van der Waals surface area (Å²) >= 11 is 0. The molecule has 0 heterocycles. The predicted octanol–water partition coefficient (Wildman–Crippen LogP) is 3.06. The van der Waals surface area contributed by atoms with Gasteiger partial charge in [-0.05, 0) is 11.1 Å². The number of carbonyl (C=O) groups excluding carboxylic acids is 1. The van der Waals surface area contributed by atoms with Crippen molar-refractivity contribution in [3.05, 3.63) is 59.7 Å². The molecule has 0 unspecified atom stereocenters. The normalized spacial score (nSPS) is 10.6. The summed E-state index contributed by atoms with van der Waals surface area (Å²) in [5.41, 5.74) is 3.91. The minimum absolute atomic E-state index is 0.684. The zero-order chi connectivity index (χ0) is 13.7. The number of nitrogens with zero attached hydrogens (tertiary/aromatic N) is 2. The summed E-state index contributed by atoms with van der Waals surface area (Å²) in [6, 6.07) is 15.6. The van der Waals surface area contributed by atoms with Crippen molar-refractivity contribution in [3.8, 4) is 11.1 Å². The number of carbonyl (C=O) groups is 1. The van der Waals surface area contributed by atoms with Gasteiger partial charge in [0.15, 0.2) is 0 Å². The van der Waals surface area contributed by atoms with Gasteiger partial charge < -0.3 is 5.01 Å². The lowest BCUT2D eigenvalue weighted by Gasteiger charge is -2.07. The van der Waals surface area contributed by atoms with Gasteiger partial charge in [-0.15, -0.1) is 0 Å². The molecule has 0 aliphatic rings. The molecule has 96 valence electrons. The molecule has 0 spiro atoms. The quantitative estimate of drug-likeness (QED) is 0.476. The zero-order valence-corrected chi connectivity index (χ0v) is 11.1. The van der Waals surface area contributed by atoms with E-state index in [1.54, 1.807) is 5.01 Å². The van der Waals surface area contributed by atoms with Gasteiger partial charge in [0.05, 0.1) is 6.21 Å². The molecule has 0 saturated heterocycles. The van der Waals surface area contributed by atoms with Crippen molar-refractivity contribution in [2.24, 2.45) is 5.10 Å². The Morgan fingerprint density at radius 2 is 1.68 bits per heavy atom. The monoisotopic (exact) mass is 252 g/mol. The minimum atomic E-state index is 0.684. The van der Waals surface area contributed by atoms with Crippen LogP contribution >= 0.6 is 0 Å². The SMILES string of the molecule is CN(C)/N=C/c1ccccc1-c1ccc(C=O)cc1. The molecule has 2 aromatic carbocycles. The molecule has 2 rings (SSSR count). The number of benzene rings is 2. The van der Waals surface area contributed by atoms with Gasteiger partial charge in [-0.3, -0.25) is 4.79 Å². The maximum Gasteiger partial charge on any atom is 0.150 e. The lowest BCUT2D eigenvalue weighted by molar-refractivity contribution is 0.112. The second kappa shape index (κ2) is 5.96. The lowest BCUT2D eigenvalue weighted by Crippen LogP contribution is -2.02. The number of aldehydes is 1. The first kappa shape index (κ1) is 13.0. The van der Waals surface area contributed by atoms with Crippen LogP contribution in [0.2, 0.25) is 0 Å². The van der Waals surface area contributed by atoms with E-state index in [0.29, 0.717) is 5.56 Å². The number of hydrazone groups is 1. The number of hydrogen-bond donors (Lipinski definition) is 0. The van der Waals surface area contributed by atoms with Gasteiger partial charge in [0.25, 0.3) is 0 Å². The molecule has 3 nitrogen and oxygen atoms in total. The average Bonchev–Trinajstić information content (AvgIpc) is 2.45. The summed E-state index contributed by atoms with van der Waals surface area (Å²) < 4.78 is 0. The molecule has 0 aliphatic carbocycles. The van der Waals surface area contributed by atoms with Gasteiger partial charge in [0, 0.05) is 25.2 Å². The van der Waals surface area contributed by atoms with E-state index in [1.807, 2.05) is 68.8 Å². The van der Waals surface area contributed by atoms with Gasteiger partial charge in [-0.2, -0.15) is 5.10 Å². The smallest absolute Gasteiger partial charge is 0.150 e. The van der Waals surface area contributed by atoms with Crippen molar-refractivity contribution in [2.75, 3.05) is 14.1 Å².